The third-order valence-electron chi connectivity index (χ3n) is 2.98. The molecule has 4 nitrogen and oxygen atoms in total. The van der Waals surface area contributed by atoms with Crippen molar-refractivity contribution in [3.05, 3.63) is 23.7 Å². The van der Waals surface area contributed by atoms with Gasteiger partial charge in [-0.25, -0.2) is 0 Å². The van der Waals surface area contributed by atoms with Crippen LogP contribution in [0.2, 0.25) is 0 Å². The molecule has 1 aromatic heterocycles. The molecule has 2 unspecified atom stereocenters. The van der Waals surface area contributed by atoms with Gasteiger partial charge in [-0.1, -0.05) is 0 Å². The second-order valence-corrected chi connectivity index (χ2v) is 4.53. The Morgan fingerprint density at radius 3 is 2.88 bits per heavy atom. The molecular formula is C12H18N2O2. The Hall–Kier alpha value is -1.29. The van der Waals surface area contributed by atoms with Crippen molar-refractivity contribution in [2.75, 3.05) is 13.1 Å². The molecule has 0 radical (unpaired) electrons. The molecular weight excluding hydrogens is 204 g/mol. The Bertz CT molecular complexity index is 386. The molecule has 2 atom stereocenters. The molecule has 0 saturated carbocycles. The van der Waals surface area contributed by atoms with Gasteiger partial charge in [-0.05, 0) is 32.9 Å². The smallest absolute Gasteiger partial charge is 0.289 e. The summed E-state index contributed by atoms with van der Waals surface area (Å²) in [5, 5.41) is 3.35. The van der Waals surface area contributed by atoms with Crippen molar-refractivity contribution in [1.82, 2.24) is 10.2 Å². The third kappa shape index (κ3) is 2.11. The average Bonchev–Trinajstić information content (AvgIpc) is 2.67. The van der Waals surface area contributed by atoms with E-state index in [9.17, 15) is 4.79 Å². The van der Waals surface area contributed by atoms with Crippen LogP contribution in [0, 0.1) is 6.92 Å². The van der Waals surface area contributed by atoms with Gasteiger partial charge in [-0.15, -0.1) is 0 Å². The van der Waals surface area contributed by atoms with Crippen LogP contribution in [0.3, 0.4) is 0 Å². The van der Waals surface area contributed by atoms with Gasteiger partial charge in [0, 0.05) is 25.2 Å². The van der Waals surface area contributed by atoms with E-state index in [-0.39, 0.29) is 11.9 Å². The largest absolute Gasteiger partial charge is 0.456 e. The lowest BCUT2D eigenvalue weighted by atomic mass is 10.1. The Balaban J connectivity index is 2.14. The van der Waals surface area contributed by atoms with Crippen molar-refractivity contribution in [1.29, 1.82) is 0 Å². The van der Waals surface area contributed by atoms with E-state index in [1.807, 2.05) is 24.8 Å². The SMILES string of the molecule is Cc1ccc(C(=O)N2CC(C)NCC2C)o1. The number of hydrogen-bond acceptors (Lipinski definition) is 3. The van der Waals surface area contributed by atoms with Crippen LogP contribution in [0.25, 0.3) is 0 Å². The molecule has 88 valence electrons. The summed E-state index contributed by atoms with van der Waals surface area (Å²) in [6, 6.07) is 4.13. The zero-order valence-electron chi connectivity index (χ0n) is 9.99. The highest BCUT2D eigenvalue weighted by molar-refractivity contribution is 5.91. The van der Waals surface area contributed by atoms with E-state index < -0.39 is 0 Å². The minimum Gasteiger partial charge on any atom is -0.456 e. The number of amides is 1. The summed E-state index contributed by atoms with van der Waals surface area (Å²) in [7, 11) is 0. The molecule has 1 aromatic rings. The number of carbonyl (C=O) groups is 1. The van der Waals surface area contributed by atoms with E-state index in [0.717, 1.165) is 18.8 Å². The van der Waals surface area contributed by atoms with Crippen LogP contribution in [-0.2, 0) is 0 Å². The third-order valence-corrected chi connectivity index (χ3v) is 2.98. The number of piperazine rings is 1. The van der Waals surface area contributed by atoms with Gasteiger partial charge in [0.1, 0.15) is 5.76 Å². The Labute approximate surface area is 95.6 Å². The summed E-state index contributed by atoms with van der Waals surface area (Å²) in [5.41, 5.74) is 0. The number of furan rings is 1. The molecule has 1 saturated heterocycles. The fourth-order valence-corrected chi connectivity index (χ4v) is 2.00. The highest BCUT2D eigenvalue weighted by atomic mass is 16.3. The predicted molar refractivity (Wildman–Crippen MR) is 61.4 cm³/mol. The molecule has 1 amide bonds. The molecule has 0 aromatic carbocycles. The van der Waals surface area contributed by atoms with Gasteiger partial charge in [-0.3, -0.25) is 4.79 Å². The summed E-state index contributed by atoms with van der Waals surface area (Å²) in [6.07, 6.45) is 0. The van der Waals surface area contributed by atoms with Crippen molar-refractivity contribution in [3.8, 4) is 0 Å². The molecule has 1 fully saturated rings. The molecule has 2 heterocycles. The lowest BCUT2D eigenvalue weighted by Crippen LogP contribution is -2.56. The quantitative estimate of drug-likeness (QED) is 0.781. The first-order valence-electron chi connectivity index (χ1n) is 5.68. The lowest BCUT2D eigenvalue weighted by Gasteiger charge is -2.37. The second-order valence-electron chi connectivity index (χ2n) is 4.53. The topological polar surface area (TPSA) is 45.5 Å². The first kappa shape index (κ1) is 11.2. The first-order valence-corrected chi connectivity index (χ1v) is 5.68. The summed E-state index contributed by atoms with van der Waals surface area (Å²) in [6.45, 7) is 7.55. The van der Waals surface area contributed by atoms with Gasteiger partial charge < -0.3 is 14.6 Å². The van der Waals surface area contributed by atoms with Crippen molar-refractivity contribution in [2.45, 2.75) is 32.9 Å². The maximum absolute atomic E-state index is 12.2. The number of aryl methyl sites for hydroxylation is 1. The van der Waals surface area contributed by atoms with Crippen LogP contribution in [-0.4, -0.2) is 36.0 Å². The number of hydrogen-bond donors (Lipinski definition) is 1. The standard InChI is InChI=1S/C12H18N2O2/c1-8-7-14(9(2)6-13-8)12(15)11-5-4-10(3)16-11/h4-5,8-9,13H,6-7H2,1-3H3. The maximum atomic E-state index is 12.2. The van der Waals surface area contributed by atoms with Crippen LogP contribution in [0.15, 0.2) is 16.5 Å². The minimum atomic E-state index is -0.00560. The molecule has 16 heavy (non-hydrogen) atoms. The van der Waals surface area contributed by atoms with Gasteiger partial charge in [0.25, 0.3) is 5.91 Å². The predicted octanol–water partition coefficient (Wildman–Crippen LogP) is 1.41. The van der Waals surface area contributed by atoms with Crippen molar-refractivity contribution < 1.29 is 9.21 Å². The average molecular weight is 222 g/mol. The lowest BCUT2D eigenvalue weighted by molar-refractivity contribution is 0.0582. The zero-order valence-corrected chi connectivity index (χ0v) is 9.99. The van der Waals surface area contributed by atoms with Crippen LogP contribution < -0.4 is 5.32 Å². The molecule has 0 spiro atoms. The van der Waals surface area contributed by atoms with Crippen LogP contribution in [0.5, 0.6) is 0 Å². The summed E-state index contributed by atoms with van der Waals surface area (Å²) >= 11 is 0. The molecule has 1 aliphatic rings. The van der Waals surface area contributed by atoms with Crippen molar-refractivity contribution in [2.24, 2.45) is 0 Å². The monoisotopic (exact) mass is 222 g/mol. The maximum Gasteiger partial charge on any atom is 0.289 e. The number of nitrogens with one attached hydrogen (secondary N) is 1. The van der Waals surface area contributed by atoms with Gasteiger partial charge in [0.05, 0.1) is 0 Å². The van der Waals surface area contributed by atoms with Crippen molar-refractivity contribution in [3.63, 3.8) is 0 Å². The summed E-state index contributed by atoms with van der Waals surface area (Å²) in [4.78, 5) is 14.0. The van der Waals surface area contributed by atoms with Gasteiger partial charge >= 0.3 is 0 Å². The molecule has 1 aliphatic heterocycles. The molecule has 1 N–H and O–H groups in total. The fraction of sp³-hybridized carbons (Fsp3) is 0.583. The highest BCUT2D eigenvalue weighted by Gasteiger charge is 2.28. The molecule has 0 aliphatic carbocycles. The van der Waals surface area contributed by atoms with Crippen LogP contribution in [0.1, 0.15) is 30.2 Å². The fourth-order valence-electron chi connectivity index (χ4n) is 2.00. The molecule has 4 heteroatoms. The first-order chi connectivity index (χ1) is 7.58. The van der Waals surface area contributed by atoms with Crippen LogP contribution in [0.4, 0.5) is 0 Å². The molecule has 2 rings (SSSR count). The normalized spacial score (nSPS) is 25.8. The van der Waals surface area contributed by atoms with E-state index in [1.54, 1.807) is 6.07 Å². The Kier molecular flexibility index (Phi) is 3.01. The minimum absolute atomic E-state index is 0.00560. The Morgan fingerprint density at radius 1 is 1.50 bits per heavy atom. The summed E-state index contributed by atoms with van der Waals surface area (Å²) < 4.78 is 5.37. The molecule has 0 bridgehead atoms. The van der Waals surface area contributed by atoms with Crippen molar-refractivity contribution >= 4 is 5.91 Å². The van der Waals surface area contributed by atoms with Crippen LogP contribution >= 0.6 is 0 Å². The van der Waals surface area contributed by atoms with Gasteiger partial charge in [-0.2, -0.15) is 0 Å². The number of carbonyl (C=O) groups excluding carboxylic acids is 1. The Morgan fingerprint density at radius 2 is 2.25 bits per heavy atom. The van der Waals surface area contributed by atoms with E-state index in [0.29, 0.717) is 11.8 Å². The van der Waals surface area contributed by atoms with E-state index in [4.69, 9.17) is 4.42 Å². The second kappa shape index (κ2) is 4.29. The van der Waals surface area contributed by atoms with E-state index >= 15 is 0 Å². The van der Waals surface area contributed by atoms with Gasteiger partial charge in [0.2, 0.25) is 0 Å². The number of rotatable bonds is 1. The van der Waals surface area contributed by atoms with E-state index in [2.05, 4.69) is 12.2 Å². The summed E-state index contributed by atoms with van der Waals surface area (Å²) in [5.74, 6) is 1.21. The van der Waals surface area contributed by atoms with Gasteiger partial charge in [0.15, 0.2) is 5.76 Å². The van der Waals surface area contributed by atoms with E-state index in [1.165, 1.54) is 0 Å². The highest BCUT2D eigenvalue weighted by Crippen LogP contribution is 2.14. The zero-order chi connectivity index (χ0) is 11.7. The number of nitrogens with zero attached hydrogens (tertiary/aromatic N) is 1.